The topological polar surface area (TPSA) is 57.6 Å². The van der Waals surface area contributed by atoms with Crippen LogP contribution in [0.1, 0.15) is 24.0 Å². The van der Waals surface area contributed by atoms with Gasteiger partial charge >= 0.3 is 5.97 Å². The molecule has 0 unspecified atom stereocenters. The van der Waals surface area contributed by atoms with Gasteiger partial charge in [-0.15, -0.1) is 0 Å². The van der Waals surface area contributed by atoms with Crippen LogP contribution in [0.25, 0.3) is 0 Å². The van der Waals surface area contributed by atoms with E-state index in [4.69, 9.17) is 5.11 Å². The molecule has 1 fully saturated rings. The second-order valence-corrected chi connectivity index (χ2v) is 5.05. The summed E-state index contributed by atoms with van der Waals surface area (Å²) < 4.78 is 0. The summed E-state index contributed by atoms with van der Waals surface area (Å²) in [6.07, 6.45) is 2.91. The first-order chi connectivity index (χ1) is 8.65. The number of nitrogens with zero attached hydrogens (tertiary/aromatic N) is 1. The Balaban J connectivity index is 1.84. The van der Waals surface area contributed by atoms with Crippen molar-refractivity contribution in [1.82, 2.24) is 0 Å². The monoisotopic (exact) mass is 245 g/mol. The lowest BCUT2D eigenvalue weighted by atomic mass is 10.1. The molecule has 1 amide bonds. The largest absolute Gasteiger partial charge is 0.481 e. The minimum atomic E-state index is -0.821. The summed E-state index contributed by atoms with van der Waals surface area (Å²) in [6.45, 7) is 0.737. The molecule has 1 saturated carbocycles. The minimum absolute atomic E-state index is 0.0455. The number of carboxylic acids is 1. The van der Waals surface area contributed by atoms with Crippen LogP contribution in [0.3, 0.4) is 0 Å². The highest BCUT2D eigenvalue weighted by Crippen LogP contribution is 2.36. The molecule has 1 aliphatic heterocycles. The standard InChI is InChI=1S/C14H15NO3/c16-13(17)8-9-1-4-12-11(7-9)5-6-15(12)14(18)10-2-3-10/h1,4,7,10H,2-3,5-6,8H2,(H,16,17). The molecular formula is C14H15NO3. The van der Waals surface area contributed by atoms with Crippen LogP contribution in [0, 0.1) is 5.92 Å². The van der Waals surface area contributed by atoms with E-state index in [1.54, 1.807) is 0 Å². The molecule has 1 aromatic rings. The molecule has 18 heavy (non-hydrogen) atoms. The van der Waals surface area contributed by atoms with Gasteiger partial charge in [0.2, 0.25) is 5.91 Å². The maximum absolute atomic E-state index is 12.1. The van der Waals surface area contributed by atoms with E-state index >= 15 is 0 Å². The molecule has 4 heteroatoms. The number of amides is 1. The van der Waals surface area contributed by atoms with Gasteiger partial charge in [-0.3, -0.25) is 9.59 Å². The summed E-state index contributed by atoms with van der Waals surface area (Å²) in [5.41, 5.74) is 2.88. The van der Waals surface area contributed by atoms with Gasteiger partial charge in [0.25, 0.3) is 0 Å². The van der Waals surface area contributed by atoms with E-state index < -0.39 is 5.97 Å². The number of rotatable bonds is 3. The number of fused-ring (bicyclic) bond motifs is 1. The van der Waals surface area contributed by atoms with Gasteiger partial charge in [0.15, 0.2) is 0 Å². The quantitative estimate of drug-likeness (QED) is 0.880. The molecule has 94 valence electrons. The maximum Gasteiger partial charge on any atom is 0.307 e. The Bertz CT molecular complexity index is 520. The third-order valence-electron chi connectivity index (χ3n) is 3.59. The van der Waals surface area contributed by atoms with Crippen molar-refractivity contribution in [3.05, 3.63) is 29.3 Å². The summed E-state index contributed by atoms with van der Waals surface area (Å²) in [6, 6.07) is 5.62. The number of hydrogen-bond donors (Lipinski definition) is 1. The zero-order valence-electron chi connectivity index (χ0n) is 10.1. The zero-order chi connectivity index (χ0) is 12.7. The average molecular weight is 245 g/mol. The molecule has 3 rings (SSSR count). The van der Waals surface area contributed by atoms with Gasteiger partial charge in [0, 0.05) is 18.2 Å². The molecule has 0 saturated heterocycles. The van der Waals surface area contributed by atoms with Crippen molar-refractivity contribution in [2.75, 3.05) is 11.4 Å². The molecule has 0 atom stereocenters. The van der Waals surface area contributed by atoms with Crippen LogP contribution in [0.2, 0.25) is 0 Å². The maximum atomic E-state index is 12.1. The number of carbonyl (C=O) groups is 2. The van der Waals surface area contributed by atoms with Crippen molar-refractivity contribution >= 4 is 17.6 Å². The number of carbonyl (C=O) groups excluding carboxylic acids is 1. The van der Waals surface area contributed by atoms with Gasteiger partial charge in [0.05, 0.1) is 6.42 Å². The van der Waals surface area contributed by atoms with E-state index in [1.165, 1.54) is 0 Å². The van der Waals surface area contributed by atoms with Crippen LogP contribution < -0.4 is 4.90 Å². The van der Waals surface area contributed by atoms with Gasteiger partial charge in [0.1, 0.15) is 0 Å². The Hall–Kier alpha value is -1.84. The molecule has 2 aliphatic rings. The molecule has 0 radical (unpaired) electrons. The predicted octanol–water partition coefficient (Wildman–Crippen LogP) is 1.61. The minimum Gasteiger partial charge on any atom is -0.481 e. The summed E-state index contributed by atoms with van der Waals surface area (Å²) in [4.78, 5) is 24.6. The van der Waals surface area contributed by atoms with E-state index in [2.05, 4.69) is 0 Å². The Morgan fingerprint density at radius 1 is 1.33 bits per heavy atom. The molecule has 1 aromatic carbocycles. The SMILES string of the molecule is O=C(O)Cc1ccc2c(c1)CCN2C(=O)C1CC1. The Kier molecular flexibility index (Phi) is 2.58. The molecule has 1 N–H and O–H groups in total. The van der Waals surface area contributed by atoms with Gasteiger partial charge in [-0.2, -0.15) is 0 Å². The molecule has 0 aromatic heterocycles. The number of benzene rings is 1. The van der Waals surface area contributed by atoms with Crippen LogP contribution in [-0.2, 0) is 22.4 Å². The number of hydrogen-bond acceptors (Lipinski definition) is 2. The molecule has 1 aliphatic carbocycles. The van der Waals surface area contributed by atoms with Crippen LogP contribution in [0.4, 0.5) is 5.69 Å². The van der Waals surface area contributed by atoms with Crippen LogP contribution in [0.5, 0.6) is 0 Å². The highest BCUT2D eigenvalue weighted by molar-refractivity contribution is 5.98. The second-order valence-electron chi connectivity index (χ2n) is 5.05. The van der Waals surface area contributed by atoms with Crippen LogP contribution >= 0.6 is 0 Å². The summed E-state index contributed by atoms with van der Waals surface area (Å²) in [5.74, 6) is -0.353. The molecule has 0 bridgehead atoms. The lowest BCUT2D eigenvalue weighted by molar-refractivity contribution is -0.136. The van der Waals surface area contributed by atoms with Crippen LogP contribution in [0.15, 0.2) is 18.2 Å². The van der Waals surface area contributed by atoms with Gasteiger partial charge < -0.3 is 10.0 Å². The fraction of sp³-hybridized carbons (Fsp3) is 0.429. The predicted molar refractivity (Wildman–Crippen MR) is 66.6 cm³/mol. The van der Waals surface area contributed by atoms with Gasteiger partial charge in [-0.25, -0.2) is 0 Å². The van der Waals surface area contributed by atoms with Gasteiger partial charge in [-0.05, 0) is 36.5 Å². The Morgan fingerprint density at radius 3 is 2.78 bits per heavy atom. The summed E-state index contributed by atoms with van der Waals surface area (Å²) in [5, 5.41) is 8.77. The fourth-order valence-electron chi connectivity index (χ4n) is 2.52. The van der Waals surface area contributed by atoms with Gasteiger partial charge in [-0.1, -0.05) is 12.1 Å². The van der Waals surface area contributed by atoms with Crippen molar-refractivity contribution < 1.29 is 14.7 Å². The smallest absolute Gasteiger partial charge is 0.307 e. The highest BCUT2D eigenvalue weighted by atomic mass is 16.4. The van der Waals surface area contributed by atoms with E-state index in [-0.39, 0.29) is 18.2 Å². The van der Waals surface area contributed by atoms with E-state index in [1.807, 2.05) is 23.1 Å². The first-order valence-electron chi connectivity index (χ1n) is 6.30. The third kappa shape index (κ3) is 1.98. The molecule has 4 nitrogen and oxygen atoms in total. The number of anilines is 1. The van der Waals surface area contributed by atoms with E-state index in [0.717, 1.165) is 42.6 Å². The third-order valence-corrected chi connectivity index (χ3v) is 3.59. The average Bonchev–Trinajstić information content (AvgIpc) is 3.08. The van der Waals surface area contributed by atoms with Crippen molar-refractivity contribution in [3.63, 3.8) is 0 Å². The van der Waals surface area contributed by atoms with Crippen molar-refractivity contribution in [2.45, 2.75) is 25.7 Å². The van der Waals surface area contributed by atoms with E-state index in [0.29, 0.717) is 0 Å². The first-order valence-corrected chi connectivity index (χ1v) is 6.30. The van der Waals surface area contributed by atoms with Crippen molar-refractivity contribution in [2.24, 2.45) is 5.92 Å². The summed E-state index contributed by atoms with van der Waals surface area (Å²) >= 11 is 0. The fourth-order valence-corrected chi connectivity index (χ4v) is 2.52. The first kappa shape index (κ1) is 11.3. The Morgan fingerprint density at radius 2 is 2.11 bits per heavy atom. The molecule has 1 heterocycles. The zero-order valence-corrected chi connectivity index (χ0v) is 10.1. The Labute approximate surface area is 105 Å². The molecular weight excluding hydrogens is 230 g/mol. The van der Waals surface area contributed by atoms with Crippen molar-refractivity contribution in [3.8, 4) is 0 Å². The second kappa shape index (κ2) is 4.12. The number of aliphatic carboxylic acids is 1. The highest BCUT2D eigenvalue weighted by Gasteiger charge is 2.36. The lowest BCUT2D eigenvalue weighted by Gasteiger charge is -2.17. The number of carboxylic acid groups (broad SMARTS) is 1. The normalized spacial score (nSPS) is 17.7. The van der Waals surface area contributed by atoms with E-state index in [9.17, 15) is 9.59 Å². The molecule has 0 spiro atoms. The summed E-state index contributed by atoms with van der Waals surface area (Å²) in [7, 11) is 0. The van der Waals surface area contributed by atoms with Crippen molar-refractivity contribution in [1.29, 1.82) is 0 Å². The van der Waals surface area contributed by atoms with Crippen LogP contribution in [-0.4, -0.2) is 23.5 Å². The lowest BCUT2D eigenvalue weighted by Crippen LogP contribution is -2.30.